The van der Waals surface area contributed by atoms with Crippen LogP contribution in [0.3, 0.4) is 0 Å². The summed E-state index contributed by atoms with van der Waals surface area (Å²) in [7, 11) is 4.05. The summed E-state index contributed by atoms with van der Waals surface area (Å²) in [5, 5.41) is 0. The molecule has 4 nitrogen and oxygen atoms in total. The van der Waals surface area contributed by atoms with Gasteiger partial charge in [0.15, 0.2) is 0 Å². The molecule has 0 bridgehead atoms. The third-order valence-electron chi connectivity index (χ3n) is 2.90. The fraction of sp³-hybridized carbons (Fsp3) is 0.929. The smallest absolute Gasteiger partial charge is 0.239 e. The second-order valence-electron chi connectivity index (χ2n) is 5.73. The van der Waals surface area contributed by atoms with Crippen molar-refractivity contribution in [1.82, 2.24) is 9.80 Å². The Bertz CT molecular complexity index is 229. The summed E-state index contributed by atoms with van der Waals surface area (Å²) in [5.74, 6) is 0.591. The zero-order valence-corrected chi connectivity index (χ0v) is 12.8. The molecule has 1 amide bonds. The summed E-state index contributed by atoms with van der Waals surface area (Å²) < 4.78 is 0. The maximum absolute atomic E-state index is 12.3. The van der Waals surface area contributed by atoms with Crippen molar-refractivity contribution < 1.29 is 4.79 Å². The molecule has 0 saturated carbocycles. The average Bonchev–Trinajstić information content (AvgIpc) is 2.29. The predicted molar refractivity (Wildman–Crippen MR) is 77.5 cm³/mol. The first-order chi connectivity index (χ1) is 8.38. The summed E-state index contributed by atoms with van der Waals surface area (Å²) in [6.07, 6.45) is 2.91. The minimum Gasteiger partial charge on any atom is -0.340 e. The summed E-state index contributed by atoms with van der Waals surface area (Å²) in [6.45, 7) is 8.84. The molecular formula is C14H31N3O. The lowest BCUT2D eigenvalue weighted by atomic mass is 10.1. The Balaban J connectivity index is 4.37. The van der Waals surface area contributed by atoms with Crippen molar-refractivity contribution in [3.63, 3.8) is 0 Å². The molecule has 0 aromatic heterocycles. The second kappa shape index (κ2) is 9.34. The van der Waals surface area contributed by atoms with Gasteiger partial charge in [0.2, 0.25) is 5.91 Å². The van der Waals surface area contributed by atoms with Crippen molar-refractivity contribution in [2.24, 2.45) is 11.7 Å². The van der Waals surface area contributed by atoms with Crippen LogP contribution in [0.2, 0.25) is 0 Å². The first-order valence-corrected chi connectivity index (χ1v) is 7.07. The molecule has 0 aromatic rings. The zero-order valence-electron chi connectivity index (χ0n) is 12.8. The molecule has 0 aromatic carbocycles. The van der Waals surface area contributed by atoms with E-state index in [1.165, 1.54) is 0 Å². The fourth-order valence-corrected chi connectivity index (χ4v) is 1.83. The van der Waals surface area contributed by atoms with Crippen molar-refractivity contribution in [3.05, 3.63) is 0 Å². The number of nitrogens with two attached hydrogens (primary N) is 1. The van der Waals surface area contributed by atoms with Crippen LogP contribution in [0.25, 0.3) is 0 Å². The normalized spacial score (nSPS) is 13.1. The van der Waals surface area contributed by atoms with E-state index in [1.54, 1.807) is 0 Å². The first-order valence-electron chi connectivity index (χ1n) is 7.07. The van der Waals surface area contributed by atoms with Crippen LogP contribution in [-0.4, -0.2) is 55.5 Å². The molecule has 2 N–H and O–H groups in total. The molecule has 0 radical (unpaired) electrons. The van der Waals surface area contributed by atoms with Crippen molar-refractivity contribution >= 4 is 5.91 Å². The Morgan fingerprint density at radius 2 is 1.83 bits per heavy atom. The Morgan fingerprint density at radius 3 is 2.28 bits per heavy atom. The van der Waals surface area contributed by atoms with E-state index in [1.807, 2.05) is 19.0 Å². The van der Waals surface area contributed by atoms with E-state index in [9.17, 15) is 4.79 Å². The molecule has 0 aliphatic heterocycles. The monoisotopic (exact) mass is 257 g/mol. The lowest BCUT2D eigenvalue weighted by Crippen LogP contribution is -2.47. The van der Waals surface area contributed by atoms with Crippen LogP contribution in [-0.2, 0) is 4.79 Å². The van der Waals surface area contributed by atoms with Crippen LogP contribution in [0.15, 0.2) is 0 Å². The third kappa shape index (κ3) is 7.67. The molecule has 18 heavy (non-hydrogen) atoms. The highest BCUT2D eigenvalue weighted by Gasteiger charge is 2.21. The van der Waals surface area contributed by atoms with Gasteiger partial charge in [-0.15, -0.1) is 0 Å². The van der Waals surface area contributed by atoms with Gasteiger partial charge in [0, 0.05) is 19.6 Å². The SMILES string of the molecule is CCCCC(N)C(=O)N(CCN(C)C)CC(C)C. The lowest BCUT2D eigenvalue weighted by Gasteiger charge is -2.28. The van der Waals surface area contributed by atoms with Gasteiger partial charge in [0.25, 0.3) is 0 Å². The number of rotatable bonds is 9. The van der Waals surface area contributed by atoms with Crippen LogP contribution >= 0.6 is 0 Å². The summed E-state index contributed by atoms with van der Waals surface area (Å²) in [4.78, 5) is 16.3. The number of likely N-dealkylation sites (N-methyl/N-ethyl adjacent to an activating group) is 1. The molecule has 0 saturated heterocycles. The Hall–Kier alpha value is -0.610. The van der Waals surface area contributed by atoms with Gasteiger partial charge < -0.3 is 15.5 Å². The highest BCUT2D eigenvalue weighted by Crippen LogP contribution is 2.06. The van der Waals surface area contributed by atoms with E-state index >= 15 is 0 Å². The molecule has 0 spiro atoms. The lowest BCUT2D eigenvalue weighted by molar-refractivity contribution is -0.133. The Morgan fingerprint density at radius 1 is 1.22 bits per heavy atom. The molecule has 0 aliphatic rings. The topological polar surface area (TPSA) is 49.6 Å². The Labute approximate surface area is 113 Å². The minimum atomic E-state index is -0.328. The second-order valence-corrected chi connectivity index (χ2v) is 5.73. The van der Waals surface area contributed by atoms with Crippen molar-refractivity contribution in [3.8, 4) is 0 Å². The van der Waals surface area contributed by atoms with Crippen molar-refractivity contribution in [2.45, 2.75) is 46.1 Å². The highest BCUT2D eigenvalue weighted by molar-refractivity contribution is 5.81. The largest absolute Gasteiger partial charge is 0.340 e. The summed E-state index contributed by atoms with van der Waals surface area (Å²) in [6, 6.07) is -0.328. The molecule has 0 rings (SSSR count). The van der Waals surface area contributed by atoms with Gasteiger partial charge in [-0.05, 0) is 26.4 Å². The van der Waals surface area contributed by atoms with E-state index in [0.717, 1.165) is 38.9 Å². The molecule has 1 atom stereocenters. The minimum absolute atomic E-state index is 0.110. The standard InChI is InChI=1S/C14H31N3O/c1-6-7-8-13(15)14(18)17(11-12(2)3)10-9-16(4)5/h12-13H,6-11,15H2,1-5H3. The van der Waals surface area contributed by atoms with Crippen molar-refractivity contribution in [1.29, 1.82) is 0 Å². The van der Waals surface area contributed by atoms with E-state index in [0.29, 0.717) is 5.92 Å². The maximum atomic E-state index is 12.3. The number of nitrogens with zero attached hydrogens (tertiary/aromatic N) is 2. The summed E-state index contributed by atoms with van der Waals surface area (Å²) >= 11 is 0. The predicted octanol–water partition coefficient (Wildman–Crippen LogP) is 1.55. The number of hydrogen-bond donors (Lipinski definition) is 1. The molecule has 1 unspecified atom stereocenters. The number of carbonyl (C=O) groups is 1. The van der Waals surface area contributed by atoms with Crippen LogP contribution in [0.4, 0.5) is 0 Å². The van der Waals surface area contributed by atoms with Gasteiger partial charge in [0.05, 0.1) is 6.04 Å². The van der Waals surface area contributed by atoms with Crippen LogP contribution in [0.1, 0.15) is 40.0 Å². The van der Waals surface area contributed by atoms with Crippen LogP contribution in [0.5, 0.6) is 0 Å². The van der Waals surface area contributed by atoms with Gasteiger partial charge >= 0.3 is 0 Å². The van der Waals surface area contributed by atoms with Gasteiger partial charge in [0.1, 0.15) is 0 Å². The number of unbranched alkanes of at least 4 members (excludes halogenated alkanes) is 1. The molecular weight excluding hydrogens is 226 g/mol. The molecule has 0 aliphatic carbocycles. The average molecular weight is 257 g/mol. The number of amides is 1. The molecule has 0 heterocycles. The van der Waals surface area contributed by atoms with Gasteiger partial charge in [-0.1, -0.05) is 33.6 Å². The Kier molecular flexibility index (Phi) is 9.02. The van der Waals surface area contributed by atoms with Crippen LogP contribution in [0, 0.1) is 5.92 Å². The molecule has 108 valence electrons. The maximum Gasteiger partial charge on any atom is 0.239 e. The van der Waals surface area contributed by atoms with E-state index in [4.69, 9.17) is 5.73 Å². The first kappa shape index (κ1) is 17.4. The van der Waals surface area contributed by atoms with Gasteiger partial charge in [-0.3, -0.25) is 4.79 Å². The van der Waals surface area contributed by atoms with E-state index in [2.05, 4.69) is 25.7 Å². The third-order valence-corrected chi connectivity index (χ3v) is 2.90. The van der Waals surface area contributed by atoms with E-state index < -0.39 is 0 Å². The van der Waals surface area contributed by atoms with Crippen LogP contribution < -0.4 is 5.73 Å². The fourth-order valence-electron chi connectivity index (χ4n) is 1.83. The van der Waals surface area contributed by atoms with Gasteiger partial charge in [-0.2, -0.15) is 0 Å². The summed E-state index contributed by atoms with van der Waals surface area (Å²) in [5.41, 5.74) is 5.98. The van der Waals surface area contributed by atoms with E-state index in [-0.39, 0.29) is 11.9 Å². The quantitative estimate of drug-likeness (QED) is 0.682. The van der Waals surface area contributed by atoms with Gasteiger partial charge in [-0.25, -0.2) is 0 Å². The zero-order chi connectivity index (χ0) is 14.1. The number of carbonyl (C=O) groups excluding carboxylic acids is 1. The highest BCUT2D eigenvalue weighted by atomic mass is 16.2. The molecule has 0 fully saturated rings. The number of hydrogen-bond acceptors (Lipinski definition) is 3. The van der Waals surface area contributed by atoms with Crippen molar-refractivity contribution in [2.75, 3.05) is 33.7 Å². The molecule has 4 heteroatoms.